The van der Waals surface area contributed by atoms with Gasteiger partial charge >= 0.3 is 0 Å². The lowest BCUT2D eigenvalue weighted by molar-refractivity contribution is 0.100. The highest BCUT2D eigenvalue weighted by atomic mass is 16.5. The van der Waals surface area contributed by atoms with Crippen LogP contribution in [0, 0.1) is 13.8 Å². The van der Waals surface area contributed by atoms with Gasteiger partial charge in [0.2, 0.25) is 0 Å². The lowest BCUT2D eigenvalue weighted by Crippen LogP contribution is -2.00. The van der Waals surface area contributed by atoms with Crippen molar-refractivity contribution in [1.82, 2.24) is 0 Å². The fraction of sp³-hybridized carbons (Fsp3) is 0.143. The van der Waals surface area contributed by atoms with Crippen molar-refractivity contribution < 1.29 is 9.53 Å². The zero-order chi connectivity index (χ0) is 17.1. The molecule has 0 bridgehead atoms. The number of nitrogens with zero attached hydrogens (tertiary/aromatic N) is 1. The van der Waals surface area contributed by atoms with Crippen LogP contribution in [0.1, 0.15) is 27.0 Å². The molecule has 3 rings (SSSR count). The van der Waals surface area contributed by atoms with Crippen molar-refractivity contribution in [2.45, 2.75) is 13.8 Å². The largest absolute Gasteiger partial charge is 0.496 e. The summed E-state index contributed by atoms with van der Waals surface area (Å²) in [5, 5.41) is 2.09. The summed E-state index contributed by atoms with van der Waals surface area (Å²) in [6, 6.07) is 17.6. The molecule has 0 fully saturated rings. The quantitative estimate of drug-likeness (QED) is 0.655. The Morgan fingerprint density at radius 1 is 1.04 bits per heavy atom. The van der Waals surface area contributed by atoms with E-state index in [1.807, 2.05) is 68.4 Å². The van der Waals surface area contributed by atoms with E-state index in [4.69, 9.17) is 4.74 Å². The summed E-state index contributed by atoms with van der Waals surface area (Å²) in [4.78, 5) is 16.6. The Morgan fingerprint density at radius 3 is 2.58 bits per heavy atom. The maximum atomic E-state index is 12.4. The maximum absolute atomic E-state index is 12.4. The zero-order valence-electron chi connectivity index (χ0n) is 14.0. The Labute approximate surface area is 141 Å². The van der Waals surface area contributed by atoms with Gasteiger partial charge in [-0.1, -0.05) is 48.0 Å². The highest BCUT2D eigenvalue weighted by Crippen LogP contribution is 2.26. The van der Waals surface area contributed by atoms with Crippen LogP contribution in [0.25, 0.3) is 10.8 Å². The monoisotopic (exact) mass is 317 g/mol. The molecule has 0 saturated heterocycles. The third kappa shape index (κ3) is 3.06. The van der Waals surface area contributed by atoms with Crippen molar-refractivity contribution in [3.05, 3.63) is 76.9 Å². The van der Waals surface area contributed by atoms with Crippen LogP contribution in [0.3, 0.4) is 0 Å². The lowest BCUT2D eigenvalue weighted by atomic mass is 10.0. The molecule has 0 heterocycles. The summed E-state index contributed by atoms with van der Waals surface area (Å²) < 4.78 is 5.43. The molecule has 0 N–H and O–H groups in total. The molecule has 0 aliphatic heterocycles. The predicted octanol–water partition coefficient (Wildman–Crippen LogP) is 4.72. The average molecular weight is 317 g/mol. The number of hydrogen-bond donors (Lipinski definition) is 0. The zero-order valence-corrected chi connectivity index (χ0v) is 14.0. The van der Waals surface area contributed by atoms with E-state index >= 15 is 0 Å². The number of amides is 1. The molecule has 24 heavy (non-hydrogen) atoms. The molecule has 0 saturated carbocycles. The molecular weight excluding hydrogens is 298 g/mol. The average Bonchev–Trinajstić information content (AvgIpc) is 2.59. The topological polar surface area (TPSA) is 38.7 Å². The molecule has 0 spiro atoms. The van der Waals surface area contributed by atoms with Crippen LogP contribution in [0.4, 0.5) is 0 Å². The van der Waals surface area contributed by atoms with Crippen molar-refractivity contribution >= 4 is 22.9 Å². The first kappa shape index (κ1) is 15.9. The third-order valence-corrected chi connectivity index (χ3v) is 4.07. The second-order valence-electron chi connectivity index (χ2n) is 5.78. The van der Waals surface area contributed by atoms with Crippen LogP contribution in [0.15, 0.2) is 59.6 Å². The number of aliphatic imine (C=N–C) groups is 1. The van der Waals surface area contributed by atoms with Gasteiger partial charge in [0.25, 0.3) is 5.91 Å². The highest BCUT2D eigenvalue weighted by Gasteiger charge is 2.09. The second-order valence-corrected chi connectivity index (χ2v) is 5.78. The molecule has 0 aliphatic rings. The van der Waals surface area contributed by atoms with Gasteiger partial charge in [0.1, 0.15) is 5.75 Å². The van der Waals surface area contributed by atoms with Gasteiger partial charge in [0, 0.05) is 17.3 Å². The Balaban J connectivity index is 2.02. The summed E-state index contributed by atoms with van der Waals surface area (Å²) in [5.74, 6) is 0.452. The van der Waals surface area contributed by atoms with Crippen LogP contribution in [0.2, 0.25) is 0 Å². The Kier molecular flexibility index (Phi) is 4.43. The van der Waals surface area contributed by atoms with E-state index in [0.29, 0.717) is 11.3 Å². The molecule has 0 aromatic heterocycles. The van der Waals surface area contributed by atoms with E-state index in [9.17, 15) is 4.79 Å². The fourth-order valence-electron chi connectivity index (χ4n) is 2.83. The number of rotatable bonds is 3. The first-order chi connectivity index (χ1) is 11.6. The summed E-state index contributed by atoms with van der Waals surface area (Å²) in [6.45, 7) is 3.93. The van der Waals surface area contributed by atoms with Gasteiger partial charge in [-0.05, 0) is 42.3 Å². The molecule has 3 nitrogen and oxygen atoms in total. The maximum Gasteiger partial charge on any atom is 0.277 e. The van der Waals surface area contributed by atoms with E-state index in [1.54, 1.807) is 13.3 Å². The first-order valence-corrected chi connectivity index (χ1v) is 7.81. The molecule has 3 heteroatoms. The lowest BCUT2D eigenvalue weighted by Gasteiger charge is -2.08. The van der Waals surface area contributed by atoms with E-state index < -0.39 is 0 Å². The Hall–Kier alpha value is -2.94. The number of fused-ring (bicyclic) bond motifs is 1. The van der Waals surface area contributed by atoms with E-state index in [1.165, 1.54) is 0 Å². The van der Waals surface area contributed by atoms with Gasteiger partial charge in [-0.3, -0.25) is 4.79 Å². The van der Waals surface area contributed by atoms with Crippen molar-refractivity contribution in [3.63, 3.8) is 0 Å². The number of methoxy groups -OCH3 is 1. The standard InChI is InChI=1S/C21H19NO2/c1-14-8-10-17(15(2)12-14)21(23)22-13-19-18-7-5-4-6-16(18)9-11-20(19)24-3/h4-13H,1-3H3. The highest BCUT2D eigenvalue weighted by molar-refractivity contribution is 6.08. The molecule has 0 unspecified atom stereocenters. The van der Waals surface area contributed by atoms with E-state index in [2.05, 4.69) is 4.99 Å². The van der Waals surface area contributed by atoms with Crippen LogP contribution >= 0.6 is 0 Å². The van der Waals surface area contributed by atoms with Crippen molar-refractivity contribution in [3.8, 4) is 5.75 Å². The van der Waals surface area contributed by atoms with E-state index in [-0.39, 0.29) is 5.91 Å². The van der Waals surface area contributed by atoms with Crippen LogP contribution in [0.5, 0.6) is 5.75 Å². The third-order valence-electron chi connectivity index (χ3n) is 4.07. The summed E-state index contributed by atoms with van der Waals surface area (Å²) >= 11 is 0. The minimum Gasteiger partial charge on any atom is -0.496 e. The number of benzene rings is 3. The SMILES string of the molecule is COc1ccc2ccccc2c1C=NC(=O)c1ccc(C)cc1C. The van der Waals surface area contributed by atoms with Crippen molar-refractivity contribution in [2.75, 3.05) is 7.11 Å². The number of aryl methyl sites for hydroxylation is 2. The van der Waals surface area contributed by atoms with Crippen LogP contribution in [-0.2, 0) is 0 Å². The molecule has 1 amide bonds. The fourth-order valence-corrected chi connectivity index (χ4v) is 2.83. The minimum atomic E-state index is -0.248. The second kappa shape index (κ2) is 6.67. The normalized spacial score (nSPS) is 11.1. The van der Waals surface area contributed by atoms with Gasteiger partial charge < -0.3 is 4.74 Å². The van der Waals surface area contributed by atoms with E-state index in [0.717, 1.165) is 27.5 Å². The Bertz CT molecular complexity index is 942. The number of carbonyl (C=O) groups is 1. The molecule has 0 radical (unpaired) electrons. The number of ether oxygens (including phenoxy) is 1. The molecule has 0 aliphatic carbocycles. The van der Waals surface area contributed by atoms with Gasteiger partial charge in [0.15, 0.2) is 0 Å². The Morgan fingerprint density at radius 2 is 1.83 bits per heavy atom. The molecule has 0 atom stereocenters. The van der Waals surface area contributed by atoms with Gasteiger partial charge in [-0.25, -0.2) is 4.99 Å². The summed E-state index contributed by atoms with van der Waals surface area (Å²) in [5.41, 5.74) is 3.50. The number of hydrogen-bond acceptors (Lipinski definition) is 2. The molecule has 120 valence electrons. The van der Waals surface area contributed by atoms with Gasteiger partial charge in [-0.15, -0.1) is 0 Å². The summed E-state index contributed by atoms with van der Waals surface area (Å²) in [7, 11) is 1.62. The predicted molar refractivity (Wildman–Crippen MR) is 98.3 cm³/mol. The number of carbonyl (C=O) groups excluding carboxylic acids is 1. The molecule has 3 aromatic rings. The van der Waals surface area contributed by atoms with Crippen molar-refractivity contribution in [2.24, 2.45) is 4.99 Å². The summed E-state index contributed by atoms with van der Waals surface area (Å²) in [6.07, 6.45) is 1.60. The minimum absolute atomic E-state index is 0.248. The first-order valence-electron chi connectivity index (χ1n) is 7.81. The molecule has 3 aromatic carbocycles. The van der Waals surface area contributed by atoms with Crippen LogP contribution in [-0.4, -0.2) is 19.2 Å². The smallest absolute Gasteiger partial charge is 0.277 e. The van der Waals surface area contributed by atoms with Gasteiger partial charge in [0.05, 0.1) is 7.11 Å². The van der Waals surface area contributed by atoms with Crippen molar-refractivity contribution in [1.29, 1.82) is 0 Å². The molecular formula is C21H19NO2. The van der Waals surface area contributed by atoms with Crippen LogP contribution < -0.4 is 4.74 Å². The van der Waals surface area contributed by atoms with Gasteiger partial charge in [-0.2, -0.15) is 0 Å².